The van der Waals surface area contributed by atoms with Gasteiger partial charge < -0.3 is 15.8 Å². The normalized spacial score (nSPS) is 12.5. The standard InChI is InChI=1S/C11H10FN3O4/c12-6-1-2-8-9(10(6)15(18)19)5(4-14-8)3-7(13)11(16)17/h1-2,4,7,14H,3,13H2,(H,16,17). The Balaban J connectivity index is 2.60. The maximum atomic E-state index is 13.5. The quantitative estimate of drug-likeness (QED) is 0.566. The fourth-order valence-corrected chi connectivity index (χ4v) is 1.91. The zero-order valence-corrected chi connectivity index (χ0v) is 9.59. The molecule has 100 valence electrons. The Morgan fingerprint density at radius 2 is 2.26 bits per heavy atom. The van der Waals surface area contributed by atoms with E-state index in [0.29, 0.717) is 11.1 Å². The number of carboxylic acid groups (broad SMARTS) is 1. The lowest BCUT2D eigenvalue weighted by atomic mass is 10.0. The van der Waals surface area contributed by atoms with Crippen LogP contribution in [0.4, 0.5) is 10.1 Å². The number of aliphatic carboxylic acids is 1. The highest BCUT2D eigenvalue weighted by molar-refractivity contribution is 5.92. The van der Waals surface area contributed by atoms with E-state index >= 15 is 0 Å². The highest BCUT2D eigenvalue weighted by Crippen LogP contribution is 2.31. The van der Waals surface area contributed by atoms with E-state index in [1.807, 2.05) is 0 Å². The van der Waals surface area contributed by atoms with Crippen molar-refractivity contribution in [1.29, 1.82) is 0 Å². The number of aromatic amines is 1. The number of aromatic nitrogens is 1. The zero-order chi connectivity index (χ0) is 14.2. The average Bonchev–Trinajstić information content (AvgIpc) is 2.71. The fraction of sp³-hybridized carbons (Fsp3) is 0.182. The predicted octanol–water partition coefficient (Wildman–Crippen LogP) is 1.17. The van der Waals surface area contributed by atoms with Crippen LogP contribution in [0.15, 0.2) is 18.3 Å². The van der Waals surface area contributed by atoms with Crippen LogP contribution in [0.25, 0.3) is 10.9 Å². The van der Waals surface area contributed by atoms with Gasteiger partial charge in [0.1, 0.15) is 6.04 Å². The lowest BCUT2D eigenvalue weighted by Crippen LogP contribution is -2.32. The largest absolute Gasteiger partial charge is 0.480 e. The van der Waals surface area contributed by atoms with Gasteiger partial charge in [0.2, 0.25) is 5.82 Å². The van der Waals surface area contributed by atoms with E-state index in [2.05, 4.69) is 4.98 Å². The van der Waals surface area contributed by atoms with Crippen molar-refractivity contribution in [3.05, 3.63) is 39.8 Å². The molecule has 0 radical (unpaired) electrons. The number of hydrogen-bond donors (Lipinski definition) is 3. The maximum absolute atomic E-state index is 13.5. The summed E-state index contributed by atoms with van der Waals surface area (Å²) in [5.41, 5.74) is 5.37. The van der Waals surface area contributed by atoms with Crippen molar-refractivity contribution < 1.29 is 19.2 Å². The van der Waals surface area contributed by atoms with E-state index in [1.54, 1.807) is 0 Å². The number of halogens is 1. The molecule has 7 nitrogen and oxygen atoms in total. The van der Waals surface area contributed by atoms with Crippen molar-refractivity contribution in [2.75, 3.05) is 0 Å². The molecule has 2 rings (SSSR count). The van der Waals surface area contributed by atoms with Gasteiger partial charge in [0.25, 0.3) is 0 Å². The van der Waals surface area contributed by atoms with Crippen LogP contribution in [-0.2, 0) is 11.2 Å². The molecule has 0 aliphatic heterocycles. The number of nitro benzene ring substituents is 1. The van der Waals surface area contributed by atoms with Crippen LogP contribution in [0, 0.1) is 15.9 Å². The van der Waals surface area contributed by atoms with Crippen molar-refractivity contribution in [2.45, 2.75) is 12.5 Å². The molecule has 1 aromatic heterocycles. The molecule has 1 unspecified atom stereocenters. The van der Waals surface area contributed by atoms with E-state index in [0.717, 1.165) is 6.07 Å². The second-order valence-corrected chi connectivity index (χ2v) is 4.04. The number of nitrogens with one attached hydrogen (secondary N) is 1. The van der Waals surface area contributed by atoms with Gasteiger partial charge >= 0.3 is 11.7 Å². The highest BCUT2D eigenvalue weighted by atomic mass is 19.1. The van der Waals surface area contributed by atoms with E-state index in [1.165, 1.54) is 12.3 Å². The molecule has 1 aromatic carbocycles. The summed E-state index contributed by atoms with van der Waals surface area (Å²) in [5.74, 6) is -2.20. The zero-order valence-electron chi connectivity index (χ0n) is 9.59. The summed E-state index contributed by atoms with van der Waals surface area (Å²) >= 11 is 0. The van der Waals surface area contributed by atoms with Gasteiger partial charge in [-0.2, -0.15) is 4.39 Å². The monoisotopic (exact) mass is 267 g/mol. The fourth-order valence-electron chi connectivity index (χ4n) is 1.91. The molecule has 0 saturated carbocycles. The number of rotatable bonds is 4. The molecule has 0 saturated heterocycles. The Hall–Kier alpha value is -2.48. The summed E-state index contributed by atoms with van der Waals surface area (Å²) in [5, 5.41) is 19.7. The third kappa shape index (κ3) is 2.25. The number of benzene rings is 1. The molecule has 1 heterocycles. The van der Waals surface area contributed by atoms with Crippen LogP contribution in [0.2, 0.25) is 0 Å². The third-order valence-electron chi connectivity index (χ3n) is 2.79. The average molecular weight is 267 g/mol. The number of fused-ring (bicyclic) bond motifs is 1. The van der Waals surface area contributed by atoms with Crippen LogP contribution >= 0.6 is 0 Å². The number of carbonyl (C=O) groups is 1. The maximum Gasteiger partial charge on any atom is 0.320 e. The molecule has 1 atom stereocenters. The first-order valence-corrected chi connectivity index (χ1v) is 5.33. The predicted molar refractivity (Wildman–Crippen MR) is 64.2 cm³/mol. The van der Waals surface area contributed by atoms with Gasteiger partial charge in [0.05, 0.1) is 15.8 Å². The van der Waals surface area contributed by atoms with Crippen LogP contribution in [-0.4, -0.2) is 27.0 Å². The molecule has 0 fully saturated rings. The van der Waals surface area contributed by atoms with E-state index in [9.17, 15) is 19.3 Å². The molecule has 4 N–H and O–H groups in total. The second-order valence-electron chi connectivity index (χ2n) is 4.04. The van der Waals surface area contributed by atoms with Crippen molar-refractivity contribution >= 4 is 22.6 Å². The minimum Gasteiger partial charge on any atom is -0.480 e. The lowest BCUT2D eigenvalue weighted by molar-refractivity contribution is -0.385. The van der Waals surface area contributed by atoms with Gasteiger partial charge in [0, 0.05) is 12.6 Å². The van der Waals surface area contributed by atoms with Crippen LogP contribution in [0.3, 0.4) is 0 Å². The summed E-state index contributed by atoms with van der Waals surface area (Å²) < 4.78 is 13.5. The van der Waals surface area contributed by atoms with Gasteiger partial charge in [-0.05, 0) is 17.7 Å². The molecular formula is C11H10FN3O4. The van der Waals surface area contributed by atoms with Gasteiger partial charge in [-0.1, -0.05) is 0 Å². The van der Waals surface area contributed by atoms with E-state index in [-0.39, 0.29) is 11.8 Å². The van der Waals surface area contributed by atoms with Crippen molar-refractivity contribution in [1.82, 2.24) is 4.98 Å². The molecule has 0 spiro atoms. The number of nitro groups is 1. The summed E-state index contributed by atoms with van der Waals surface area (Å²) in [6.45, 7) is 0. The third-order valence-corrected chi connectivity index (χ3v) is 2.79. The Kier molecular flexibility index (Phi) is 3.17. The minimum atomic E-state index is -1.23. The second kappa shape index (κ2) is 4.65. The van der Waals surface area contributed by atoms with Gasteiger partial charge in [-0.15, -0.1) is 0 Å². The first kappa shape index (κ1) is 13.0. The molecular weight excluding hydrogens is 257 g/mol. The number of H-pyrrole nitrogens is 1. The first-order chi connectivity index (χ1) is 8.91. The SMILES string of the molecule is NC(Cc1c[nH]c2ccc(F)c([N+](=O)[O-])c12)C(=O)O. The molecule has 2 aromatic rings. The molecule has 0 bridgehead atoms. The van der Waals surface area contributed by atoms with Crippen molar-refractivity contribution in [3.63, 3.8) is 0 Å². The molecule has 19 heavy (non-hydrogen) atoms. The molecule has 0 amide bonds. The summed E-state index contributed by atoms with van der Waals surface area (Å²) in [6.07, 6.45) is 1.28. The summed E-state index contributed by atoms with van der Waals surface area (Å²) in [7, 11) is 0. The van der Waals surface area contributed by atoms with Crippen LogP contribution < -0.4 is 5.73 Å². The Morgan fingerprint density at radius 3 is 2.84 bits per heavy atom. The Morgan fingerprint density at radius 1 is 1.58 bits per heavy atom. The lowest BCUT2D eigenvalue weighted by Gasteiger charge is -2.05. The number of nitrogens with two attached hydrogens (primary N) is 1. The smallest absolute Gasteiger partial charge is 0.320 e. The molecule has 0 aliphatic carbocycles. The topological polar surface area (TPSA) is 122 Å². The summed E-state index contributed by atoms with van der Waals surface area (Å²) in [4.78, 5) is 23.5. The minimum absolute atomic E-state index is 0.0571. The highest BCUT2D eigenvalue weighted by Gasteiger charge is 2.24. The van der Waals surface area contributed by atoms with Gasteiger partial charge in [0.15, 0.2) is 0 Å². The number of hydrogen-bond acceptors (Lipinski definition) is 4. The van der Waals surface area contributed by atoms with E-state index < -0.39 is 28.4 Å². The van der Waals surface area contributed by atoms with Crippen molar-refractivity contribution in [3.8, 4) is 0 Å². The molecule has 8 heteroatoms. The number of carboxylic acids is 1. The van der Waals surface area contributed by atoms with Crippen LogP contribution in [0.1, 0.15) is 5.56 Å². The van der Waals surface area contributed by atoms with Gasteiger partial charge in [-0.3, -0.25) is 14.9 Å². The van der Waals surface area contributed by atoms with Gasteiger partial charge in [-0.25, -0.2) is 0 Å². The first-order valence-electron chi connectivity index (χ1n) is 5.33. The number of nitrogens with zero attached hydrogens (tertiary/aromatic N) is 1. The Bertz CT molecular complexity index is 667. The summed E-state index contributed by atoms with van der Waals surface area (Å²) in [6, 6.07) is 1.13. The Labute approximate surface area is 106 Å². The van der Waals surface area contributed by atoms with Crippen molar-refractivity contribution in [2.24, 2.45) is 5.73 Å². The van der Waals surface area contributed by atoms with E-state index in [4.69, 9.17) is 10.8 Å². The van der Waals surface area contributed by atoms with Crippen LogP contribution in [0.5, 0.6) is 0 Å². The molecule has 0 aliphatic rings.